The number of carboxylic acid groups (broad SMARTS) is 1. The normalized spacial score (nSPS) is 16.4. The van der Waals surface area contributed by atoms with Crippen LogP contribution in [0.15, 0.2) is 29.2 Å². The molecule has 1 N–H and O–H groups in total. The number of thiocarbonyl (C=S) groups is 1. The molecule has 1 aromatic carbocycles. The van der Waals surface area contributed by atoms with Crippen LogP contribution in [0.3, 0.4) is 0 Å². The van der Waals surface area contributed by atoms with Gasteiger partial charge in [-0.2, -0.15) is 0 Å². The first-order chi connectivity index (χ1) is 10.5. The molecule has 1 fully saturated rings. The van der Waals surface area contributed by atoms with Crippen molar-refractivity contribution in [3.63, 3.8) is 0 Å². The molecule has 5 nitrogen and oxygen atoms in total. The molecule has 0 unspecified atom stereocenters. The highest BCUT2D eigenvalue weighted by molar-refractivity contribution is 8.26. The van der Waals surface area contributed by atoms with E-state index in [1.54, 1.807) is 6.08 Å². The summed E-state index contributed by atoms with van der Waals surface area (Å²) in [6.45, 7) is 2.24. The van der Waals surface area contributed by atoms with Crippen molar-refractivity contribution in [2.45, 2.75) is 13.3 Å². The molecule has 1 aromatic rings. The summed E-state index contributed by atoms with van der Waals surface area (Å²) in [7, 11) is 0. The Morgan fingerprint density at radius 3 is 2.95 bits per heavy atom. The quantitative estimate of drug-likeness (QED) is 0.636. The minimum Gasteiger partial charge on any atom is -0.494 e. The van der Waals surface area contributed by atoms with E-state index in [1.807, 2.05) is 31.2 Å². The number of aliphatic carboxylic acids is 1. The number of carbonyl (C=O) groups is 2. The van der Waals surface area contributed by atoms with Gasteiger partial charge in [-0.25, -0.2) is 0 Å². The number of benzene rings is 1. The zero-order chi connectivity index (χ0) is 16.1. The lowest BCUT2D eigenvalue weighted by molar-refractivity contribution is -0.140. The number of carbonyl (C=O) groups excluding carboxylic acids is 1. The first-order valence-corrected chi connectivity index (χ1v) is 7.93. The Morgan fingerprint density at radius 2 is 2.27 bits per heavy atom. The van der Waals surface area contributed by atoms with E-state index in [4.69, 9.17) is 22.1 Å². The molecule has 0 saturated carbocycles. The van der Waals surface area contributed by atoms with E-state index in [9.17, 15) is 9.59 Å². The van der Waals surface area contributed by atoms with Gasteiger partial charge in [0.1, 0.15) is 16.6 Å². The standard InChI is InChI=1S/C15H15NO4S2/c1-2-6-20-11-5-3-4-10(7-11)8-12-14(19)16(9-13(17)18)15(21)22-12/h3-5,7-8H,2,6,9H2,1H3,(H,17,18). The topological polar surface area (TPSA) is 66.8 Å². The van der Waals surface area contributed by atoms with Gasteiger partial charge in [-0.15, -0.1) is 0 Å². The Hall–Kier alpha value is -1.86. The highest BCUT2D eigenvalue weighted by Crippen LogP contribution is 2.32. The van der Waals surface area contributed by atoms with Crippen LogP contribution in [0.4, 0.5) is 0 Å². The zero-order valence-electron chi connectivity index (χ0n) is 11.9. The Kier molecular flexibility index (Phi) is 5.57. The molecule has 0 spiro atoms. The Morgan fingerprint density at radius 1 is 1.50 bits per heavy atom. The Bertz CT molecular complexity index is 642. The highest BCUT2D eigenvalue weighted by Gasteiger charge is 2.33. The van der Waals surface area contributed by atoms with Crippen molar-refractivity contribution in [3.8, 4) is 5.75 Å². The molecular weight excluding hydrogens is 322 g/mol. The van der Waals surface area contributed by atoms with Gasteiger partial charge in [0.2, 0.25) is 0 Å². The van der Waals surface area contributed by atoms with Gasteiger partial charge in [0.25, 0.3) is 5.91 Å². The van der Waals surface area contributed by atoms with Crippen LogP contribution in [-0.2, 0) is 9.59 Å². The lowest BCUT2D eigenvalue weighted by Gasteiger charge is -2.10. The minimum atomic E-state index is -1.09. The van der Waals surface area contributed by atoms with E-state index >= 15 is 0 Å². The van der Waals surface area contributed by atoms with E-state index in [2.05, 4.69) is 0 Å². The second-order valence-corrected chi connectivity index (χ2v) is 6.26. The van der Waals surface area contributed by atoms with Crippen LogP contribution in [0.1, 0.15) is 18.9 Å². The molecule has 116 valence electrons. The number of nitrogens with zero attached hydrogens (tertiary/aromatic N) is 1. The van der Waals surface area contributed by atoms with Crippen LogP contribution in [0.5, 0.6) is 5.75 Å². The van der Waals surface area contributed by atoms with Crippen molar-refractivity contribution >= 4 is 46.3 Å². The second-order valence-electron chi connectivity index (χ2n) is 4.58. The fourth-order valence-corrected chi connectivity index (χ4v) is 3.09. The third kappa shape index (κ3) is 4.08. The lowest BCUT2D eigenvalue weighted by atomic mass is 10.2. The van der Waals surface area contributed by atoms with Gasteiger partial charge in [-0.3, -0.25) is 14.5 Å². The summed E-state index contributed by atoms with van der Waals surface area (Å²) in [5.74, 6) is -0.735. The SMILES string of the molecule is CCCOc1cccc(C=C2SC(=S)N(CC(=O)O)C2=O)c1. The number of amides is 1. The molecule has 2 rings (SSSR count). The van der Waals surface area contributed by atoms with Crippen molar-refractivity contribution in [2.24, 2.45) is 0 Å². The largest absolute Gasteiger partial charge is 0.494 e. The predicted octanol–water partition coefficient (Wildman–Crippen LogP) is 2.76. The van der Waals surface area contributed by atoms with Crippen LogP contribution in [-0.4, -0.2) is 39.4 Å². The van der Waals surface area contributed by atoms with E-state index < -0.39 is 12.5 Å². The van der Waals surface area contributed by atoms with Gasteiger partial charge in [0, 0.05) is 0 Å². The highest BCUT2D eigenvalue weighted by atomic mass is 32.2. The van der Waals surface area contributed by atoms with Gasteiger partial charge in [-0.1, -0.05) is 43.0 Å². The van der Waals surface area contributed by atoms with Crippen LogP contribution in [0.2, 0.25) is 0 Å². The number of rotatable bonds is 6. The smallest absolute Gasteiger partial charge is 0.323 e. The van der Waals surface area contributed by atoms with Gasteiger partial charge in [0.15, 0.2) is 0 Å². The molecule has 1 aliphatic rings. The maximum atomic E-state index is 12.2. The molecular formula is C15H15NO4S2. The van der Waals surface area contributed by atoms with Crippen LogP contribution in [0, 0.1) is 0 Å². The summed E-state index contributed by atoms with van der Waals surface area (Å²) < 4.78 is 5.81. The van der Waals surface area contributed by atoms with E-state index in [0.29, 0.717) is 11.5 Å². The average molecular weight is 337 g/mol. The summed E-state index contributed by atoms with van der Waals surface area (Å²) in [6.07, 6.45) is 2.61. The van der Waals surface area contributed by atoms with Crippen LogP contribution in [0.25, 0.3) is 6.08 Å². The maximum absolute atomic E-state index is 12.2. The molecule has 0 aromatic heterocycles. The van der Waals surface area contributed by atoms with Crippen molar-refractivity contribution in [1.29, 1.82) is 0 Å². The molecule has 0 bridgehead atoms. The number of hydrogen-bond donors (Lipinski definition) is 1. The van der Waals surface area contributed by atoms with E-state index in [1.165, 1.54) is 0 Å². The van der Waals surface area contributed by atoms with Gasteiger partial charge >= 0.3 is 5.97 Å². The molecule has 1 aliphatic heterocycles. The number of carboxylic acids is 1. The molecule has 0 radical (unpaired) electrons. The van der Waals surface area contributed by atoms with Gasteiger partial charge in [-0.05, 0) is 30.2 Å². The summed E-state index contributed by atoms with van der Waals surface area (Å²) in [5.41, 5.74) is 0.810. The maximum Gasteiger partial charge on any atom is 0.323 e. The third-order valence-electron chi connectivity index (χ3n) is 2.80. The van der Waals surface area contributed by atoms with Crippen LogP contribution < -0.4 is 4.74 Å². The van der Waals surface area contributed by atoms with Crippen molar-refractivity contribution in [1.82, 2.24) is 4.90 Å². The number of ether oxygens (including phenoxy) is 1. The van der Waals surface area contributed by atoms with Crippen molar-refractivity contribution < 1.29 is 19.4 Å². The lowest BCUT2D eigenvalue weighted by Crippen LogP contribution is -2.33. The molecule has 1 amide bonds. The fourth-order valence-electron chi connectivity index (χ4n) is 1.84. The summed E-state index contributed by atoms with van der Waals surface area (Å²) in [4.78, 5) is 24.4. The Labute approximate surface area is 137 Å². The molecule has 0 atom stereocenters. The van der Waals surface area contributed by atoms with Crippen LogP contribution >= 0.6 is 24.0 Å². The summed E-state index contributed by atoms with van der Waals surface area (Å²) >= 11 is 6.16. The van der Waals surface area contributed by atoms with Gasteiger partial charge < -0.3 is 9.84 Å². The summed E-state index contributed by atoms with van der Waals surface area (Å²) in [5, 5.41) is 8.81. The van der Waals surface area contributed by atoms with Crippen molar-refractivity contribution in [3.05, 3.63) is 34.7 Å². The first kappa shape index (κ1) is 16.5. The van der Waals surface area contributed by atoms with E-state index in [-0.39, 0.29) is 10.2 Å². The monoisotopic (exact) mass is 337 g/mol. The first-order valence-electron chi connectivity index (χ1n) is 6.71. The Balaban J connectivity index is 2.17. The third-order valence-corrected chi connectivity index (χ3v) is 4.17. The number of thioether (sulfide) groups is 1. The van der Waals surface area contributed by atoms with E-state index in [0.717, 1.165) is 34.4 Å². The molecule has 1 saturated heterocycles. The average Bonchev–Trinajstić information content (AvgIpc) is 2.73. The predicted molar refractivity (Wildman–Crippen MR) is 89.7 cm³/mol. The molecule has 0 aliphatic carbocycles. The molecule has 1 heterocycles. The fraction of sp³-hybridized carbons (Fsp3) is 0.267. The minimum absolute atomic E-state index is 0.261. The second kappa shape index (κ2) is 7.42. The van der Waals surface area contributed by atoms with Crippen molar-refractivity contribution in [2.75, 3.05) is 13.2 Å². The zero-order valence-corrected chi connectivity index (χ0v) is 13.6. The van der Waals surface area contributed by atoms with Gasteiger partial charge in [0.05, 0.1) is 11.5 Å². The number of hydrogen-bond acceptors (Lipinski definition) is 5. The summed E-state index contributed by atoms with van der Waals surface area (Å²) in [6, 6.07) is 7.37. The molecule has 22 heavy (non-hydrogen) atoms. The molecule has 7 heteroatoms.